The van der Waals surface area contributed by atoms with Crippen LogP contribution in [0.25, 0.3) is 0 Å². The maximum absolute atomic E-state index is 5.99. The Morgan fingerprint density at radius 2 is 2.00 bits per heavy atom. The van der Waals surface area contributed by atoms with Crippen LogP contribution in [0.3, 0.4) is 0 Å². The number of hydrogen-bond acceptors (Lipinski definition) is 4. The smallest absolute Gasteiger partial charge is 0.262 e. The first kappa shape index (κ1) is 11.2. The summed E-state index contributed by atoms with van der Waals surface area (Å²) in [5.41, 5.74) is 5.60. The number of anilines is 1. The number of aromatic nitrogens is 2. The Kier molecular flexibility index (Phi) is 3.26. The average Bonchev–Trinajstić information content (AvgIpc) is 2.25. The van der Waals surface area contributed by atoms with Crippen LogP contribution in [-0.2, 0) is 0 Å². The quantitative estimate of drug-likeness (QED) is 0.924. The van der Waals surface area contributed by atoms with Crippen molar-refractivity contribution in [1.29, 1.82) is 0 Å². The molecule has 0 saturated heterocycles. The Labute approximate surface area is 106 Å². The highest BCUT2D eigenvalue weighted by atomic mass is 79.9. The summed E-state index contributed by atoms with van der Waals surface area (Å²) >= 11 is 9.29. The first-order valence-electron chi connectivity index (χ1n) is 4.36. The summed E-state index contributed by atoms with van der Waals surface area (Å²) in [7, 11) is 0. The molecule has 4 nitrogen and oxygen atoms in total. The molecule has 16 heavy (non-hydrogen) atoms. The van der Waals surface area contributed by atoms with Gasteiger partial charge in [0.1, 0.15) is 5.75 Å². The third kappa shape index (κ3) is 2.43. The van der Waals surface area contributed by atoms with Gasteiger partial charge in [0.25, 0.3) is 5.88 Å². The van der Waals surface area contributed by atoms with Crippen molar-refractivity contribution in [2.45, 2.75) is 0 Å². The minimum absolute atomic E-state index is 0.224. The summed E-state index contributed by atoms with van der Waals surface area (Å²) in [5.74, 6) is 0.949. The van der Waals surface area contributed by atoms with Crippen LogP contribution in [0.2, 0.25) is 5.02 Å². The zero-order chi connectivity index (χ0) is 11.5. The number of nitrogen functional groups attached to an aromatic ring is 1. The Bertz CT molecular complexity index is 521. The number of ether oxygens (including phenoxy) is 1. The van der Waals surface area contributed by atoms with Crippen molar-refractivity contribution in [3.05, 3.63) is 40.1 Å². The van der Waals surface area contributed by atoms with Crippen LogP contribution in [0.5, 0.6) is 11.6 Å². The SMILES string of the molecule is Nc1nccnc1Oc1ccc(Br)cc1Cl. The van der Waals surface area contributed by atoms with E-state index in [1.807, 2.05) is 6.07 Å². The molecule has 0 radical (unpaired) electrons. The van der Waals surface area contributed by atoms with Crippen LogP contribution >= 0.6 is 27.5 Å². The molecule has 0 spiro atoms. The van der Waals surface area contributed by atoms with Gasteiger partial charge in [0.05, 0.1) is 5.02 Å². The molecule has 1 aromatic heterocycles. The molecule has 2 aromatic rings. The Morgan fingerprint density at radius 3 is 2.69 bits per heavy atom. The largest absolute Gasteiger partial charge is 0.434 e. The van der Waals surface area contributed by atoms with Crippen LogP contribution in [0.4, 0.5) is 5.82 Å². The molecule has 0 amide bonds. The van der Waals surface area contributed by atoms with Crippen molar-refractivity contribution in [2.24, 2.45) is 0 Å². The molecule has 82 valence electrons. The van der Waals surface area contributed by atoms with Gasteiger partial charge in [-0.3, -0.25) is 0 Å². The van der Waals surface area contributed by atoms with Crippen LogP contribution in [-0.4, -0.2) is 9.97 Å². The molecule has 0 bridgehead atoms. The molecule has 0 saturated carbocycles. The normalized spacial score (nSPS) is 10.1. The van der Waals surface area contributed by atoms with Crippen LogP contribution in [0, 0.1) is 0 Å². The number of nitrogens with two attached hydrogens (primary N) is 1. The van der Waals surface area contributed by atoms with Crippen LogP contribution in [0.15, 0.2) is 35.1 Å². The molecule has 0 unspecified atom stereocenters. The summed E-state index contributed by atoms with van der Waals surface area (Å²) in [6.07, 6.45) is 2.99. The van der Waals surface area contributed by atoms with E-state index in [-0.39, 0.29) is 11.7 Å². The van der Waals surface area contributed by atoms with Gasteiger partial charge < -0.3 is 10.5 Å². The molecular formula is C10H7BrClN3O. The highest BCUT2D eigenvalue weighted by molar-refractivity contribution is 9.10. The molecule has 2 N–H and O–H groups in total. The van der Waals surface area contributed by atoms with Gasteiger partial charge in [0.2, 0.25) is 0 Å². The number of halogens is 2. The van der Waals surface area contributed by atoms with E-state index < -0.39 is 0 Å². The summed E-state index contributed by atoms with van der Waals surface area (Å²) < 4.78 is 6.32. The van der Waals surface area contributed by atoms with E-state index in [1.165, 1.54) is 12.4 Å². The standard InChI is InChI=1S/C10H7BrClN3O/c11-6-1-2-8(7(12)5-6)16-10-9(13)14-3-4-15-10/h1-5H,(H2,13,14). The van der Waals surface area contributed by atoms with Crippen LogP contribution < -0.4 is 10.5 Å². The van der Waals surface area contributed by atoms with Crippen molar-refractivity contribution < 1.29 is 4.74 Å². The summed E-state index contributed by atoms with van der Waals surface area (Å²) in [4.78, 5) is 7.82. The highest BCUT2D eigenvalue weighted by Gasteiger charge is 2.07. The van der Waals surface area contributed by atoms with E-state index in [2.05, 4.69) is 25.9 Å². The van der Waals surface area contributed by atoms with Gasteiger partial charge in [-0.1, -0.05) is 27.5 Å². The number of hydrogen-bond donors (Lipinski definition) is 1. The van der Waals surface area contributed by atoms with Crippen molar-refractivity contribution >= 4 is 33.3 Å². The molecule has 2 rings (SSSR count). The lowest BCUT2D eigenvalue weighted by atomic mass is 10.3. The van der Waals surface area contributed by atoms with E-state index in [9.17, 15) is 0 Å². The second kappa shape index (κ2) is 4.67. The highest BCUT2D eigenvalue weighted by Crippen LogP contribution is 2.32. The van der Waals surface area contributed by atoms with Gasteiger partial charge in [-0.05, 0) is 18.2 Å². The molecule has 0 atom stereocenters. The zero-order valence-corrected chi connectivity index (χ0v) is 10.4. The van der Waals surface area contributed by atoms with E-state index in [0.717, 1.165) is 4.47 Å². The fraction of sp³-hybridized carbons (Fsp3) is 0. The van der Waals surface area contributed by atoms with E-state index >= 15 is 0 Å². The Hall–Kier alpha value is -1.33. The molecule has 0 aliphatic heterocycles. The second-order valence-electron chi connectivity index (χ2n) is 2.92. The number of benzene rings is 1. The minimum atomic E-state index is 0.224. The van der Waals surface area contributed by atoms with Gasteiger partial charge >= 0.3 is 0 Å². The van der Waals surface area contributed by atoms with Crippen LogP contribution in [0.1, 0.15) is 0 Å². The average molecular weight is 301 g/mol. The van der Waals surface area contributed by atoms with Gasteiger partial charge in [-0.15, -0.1) is 0 Å². The molecule has 1 heterocycles. The van der Waals surface area contributed by atoms with Gasteiger partial charge in [-0.2, -0.15) is 0 Å². The molecule has 6 heteroatoms. The predicted molar refractivity (Wildman–Crippen MR) is 65.7 cm³/mol. The Balaban J connectivity index is 2.31. The zero-order valence-electron chi connectivity index (χ0n) is 8.02. The fourth-order valence-electron chi connectivity index (χ4n) is 1.08. The Morgan fingerprint density at radius 1 is 1.25 bits per heavy atom. The topological polar surface area (TPSA) is 61.0 Å². The molecule has 0 fully saturated rings. The van der Waals surface area contributed by atoms with Gasteiger partial charge in [0.15, 0.2) is 5.82 Å². The third-order valence-electron chi connectivity index (χ3n) is 1.79. The lowest BCUT2D eigenvalue weighted by Gasteiger charge is -2.07. The predicted octanol–water partition coefficient (Wildman–Crippen LogP) is 3.27. The first-order valence-corrected chi connectivity index (χ1v) is 5.53. The molecule has 0 aliphatic rings. The summed E-state index contributed by atoms with van der Waals surface area (Å²) in [6, 6.07) is 5.26. The van der Waals surface area contributed by atoms with Crippen molar-refractivity contribution in [3.8, 4) is 11.6 Å². The van der Waals surface area contributed by atoms with E-state index in [1.54, 1.807) is 12.1 Å². The van der Waals surface area contributed by atoms with Gasteiger partial charge in [-0.25, -0.2) is 9.97 Å². The third-order valence-corrected chi connectivity index (χ3v) is 2.58. The molecule has 1 aromatic carbocycles. The maximum atomic E-state index is 5.99. The van der Waals surface area contributed by atoms with Gasteiger partial charge in [0, 0.05) is 16.9 Å². The number of nitrogens with zero attached hydrogens (tertiary/aromatic N) is 2. The second-order valence-corrected chi connectivity index (χ2v) is 4.25. The lowest BCUT2D eigenvalue weighted by molar-refractivity contribution is 0.463. The van der Waals surface area contributed by atoms with Crippen molar-refractivity contribution in [1.82, 2.24) is 9.97 Å². The van der Waals surface area contributed by atoms with Crippen molar-refractivity contribution in [3.63, 3.8) is 0 Å². The first-order chi connectivity index (χ1) is 7.66. The van der Waals surface area contributed by atoms with E-state index in [4.69, 9.17) is 22.1 Å². The summed E-state index contributed by atoms with van der Waals surface area (Å²) in [5, 5.41) is 0.472. The lowest BCUT2D eigenvalue weighted by Crippen LogP contribution is -1.97. The van der Waals surface area contributed by atoms with E-state index in [0.29, 0.717) is 10.8 Å². The fourth-order valence-corrected chi connectivity index (χ4v) is 1.79. The molecule has 0 aliphatic carbocycles. The minimum Gasteiger partial charge on any atom is -0.434 e. The number of rotatable bonds is 2. The molecular weight excluding hydrogens is 293 g/mol. The summed E-state index contributed by atoms with van der Waals surface area (Å²) in [6.45, 7) is 0. The monoisotopic (exact) mass is 299 g/mol. The maximum Gasteiger partial charge on any atom is 0.262 e. The van der Waals surface area contributed by atoms with Crippen molar-refractivity contribution in [2.75, 3.05) is 5.73 Å².